The Hall–Kier alpha value is -0.930. The summed E-state index contributed by atoms with van der Waals surface area (Å²) in [6, 6.07) is -0.793. The average Bonchev–Trinajstić information content (AvgIpc) is 2.11. The Kier molecular flexibility index (Phi) is 3.88. The molecule has 0 atom stereocenters. The summed E-state index contributed by atoms with van der Waals surface area (Å²) in [5, 5.41) is 0. The lowest BCUT2D eigenvalue weighted by Crippen LogP contribution is -2.19. The van der Waals surface area contributed by atoms with E-state index in [4.69, 9.17) is 0 Å². The van der Waals surface area contributed by atoms with Gasteiger partial charge in [-0.3, -0.25) is 0 Å². The highest BCUT2D eigenvalue weighted by Gasteiger charge is 2.46. The fraction of sp³-hybridized carbons (Fsp3) is 0.333. The Morgan fingerprint density at radius 3 is 1.21 bits per heavy atom. The van der Waals surface area contributed by atoms with Gasteiger partial charge in [0.2, 0.25) is 0 Å². The molecule has 0 spiro atoms. The van der Waals surface area contributed by atoms with Crippen LogP contribution < -0.4 is 0 Å². The van der Waals surface area contributed by atoms with Gasteiger partial charge in [-0.05, 0) is 12.1 Å². The molecule has 1 rings (SSSR count). The molecule has 0 aliphatic rings. The van der Waals surface area contributed by atoms with Crippen LogP contribution in [0.3, 0.4) is 0 Å². The van der Waals surface area contributed by atoms with Crippen LogP contribution in [0.25, 0.3) is 0 Å². The monoisotopic (exact) mass is 360 g/mol. The molecule has 0 unspecified atom stereocenters. The fourth-order valence-corrected chi connectivity index (χ4v) is 1.83. The highest BCUT2D eigenvalue weighted by molar-refractivity contribution is 9.10. The van der Waals surface area contributed by atoms with Crippen LogP contribution in [0.1, 0.15) is 16.7 Å². The van der Waals surface area contributed by atoms with E-state index in [1.165, 1.54) is 0 Å². The van der Waals surface area contributed by atoms with E-state index in [2.05, 4.69) is 15.9 Å². The average molecular weight is 361 g/mol. The summed E-state index contributed by atoms with van der Waals surface area (Å²) in [7, 11) is 0. The van der Waals surface area contributed by atoms with Crippen molar-refractivity contribution in [2.24, 2.45) is 0 Å². The summed E-state index contributed by atoms with van der Waals surface area (Å²) in [5.41, 5.74) is -6.39. The zero-order valence-corrected chi connectivity index (χ0v) is 10.0. The third kappa shape index (κ3) is 3.54. The van der Waals surface area contributed by atoms with Gasteiger partial charge in [-0.15, -0.1) is 0 Å². The molecule has 0 aromatic heterocycles. The summed E-state index contributed by atoms with van der Waals surface area (Å²) in [5.74, 6) is 0. The lowest BCUT2D eigenvalue weighted by atomic mass is 10.0. The van der Waals surface area contributed by atoms with Crippen molar-refractivity contribution in [2.75, 3.05) is 0 Å². The van der Waals surface area contributed by atoms with E-state index < -0.39 is 45.8 Å². The third-order valence-electron chi connectivity index (χ3n) is 2.02. The lowest BCUT2D eigenvalue weighted by Gasteiger charge is -2.18. The predicted molar refractivity (Wildman–Crippen MR) is 49.1 cm³/mol. The molecule has 0 heterocycles. The molecule has 0 radical (unpaired) electrons. The lowest BCUT2D eigenvalue weighted by molar-refractivity contribution is -0.163. The summed E-state index contributed by atoms with van der Waals surface area (Å²) < 4.78 is 110. The van der Waals surface area contributed by atoms with Gasteiger partial charge in [0.05, 0.1) is 16.7 Å². The molecule has 0 bridgehead atoms. The van der Waals surface area contributed by atoms with E-state index in [0.29, 0.717) is 0 Å². The molecule has 0 nitrogen and oxygen atoms in total. The Morgan fingerprint density at radius 1 is 0.579 bits per heavy atom. The predicted octanol–water partition coefficient (Wildman–Crippen LogP) is 5.51. The van der Waals surface area contributed by atoms with Gasteiger partial charge >= 0.3 is 18.5 Å². The van der Waals surface area contributed by atoms with Crippen LogP contribution in [0.4, 0.5) is 39.5 Å². The second kappa shape index (κ2) is 4.57. The van der Waals surface area contributed by atoms with Gasteiger partial charge in [0.1, 0.15) is 0 Å². The smallest absolute Gasteiger partial charge is 0.166 e. The van der Waals surface area contributed by atoms with Crippen LogP contribution in [-0.4, -0.2) is 0 Å². The van der Waals surface area contributed by atoms with Crippen molar-refractivity contribution in [2.45, 2.75) is 18.5 Å². The van der Waals surface area contributed by atoms with Crippen molar-refractivity contribution in [3.63, 3.8) is 0 Å². The first-order valence-electron chi connectivity index (χ1n) is 4.29. The minimum absolute atomic E-state index is 0.231. The molecule has 19 heavy (non-hydrogen) atoms. The standard InChI is InChI=1S/C9H2BrF9/c10-6-2-4(8(14,15)16)3(7(11,12)13)1-5(6)9(17,18)19/h1-2H. The van der Waals surface area contributed by atoms with Gasteiger partial charge in [-0.1, -0.05) is 15.9 Å². The van der Waals surface area contributed by atoms with Crippen LogP contribution >= 0.6 is 15.9 Å². The first-order chi connectivity index (χ1) is 8.24. The zero-order valence-electron chi connectivity index (χ0n) is 8.43. The quantitative estimate of drug-likeness (QED) is 0.535. The molecule has 0 saturated heterocycles. The van der Waals surface area contributed by atoms with Crippen molar-refractivity contribution in [1.82, 2.24) is 0 Å². The summed E-state index contributed by atoms with van der Waals surface area (Å²) in [4.78, 5) is 0. The van der Waals surface area contributed by atoms with Gasteiger partial charge in [-0.2, -0.15) is 39.5 Å². The van der Waals surface area contributed by atoms with E-state index in [9.17, 15) is 39.5 Å². The van der Waals surface area contributed by atoms with Crippen molar-refractivity contribution >= 4 is 15.9 Å². The van der Waals surface area contributed by atoms with Gasteiger partial charge in [0, 0.05) is 4.47 Å². The molecule has 108 valence electrons. The summed E-state index contributed by atoms with van der Waals surface area (Å²) >= 11 is 2.19. The van der Waals surface area contributed by atoms with E-state index in [1.807, 2.05) is 0 Å². The maximum absolute atomic E-state index is 12.4. The first kappa shape index (κ1) is 16.1. The largest absolute Gasteiger partial charge is 0.417 e. The molecule has 1 aromatic rings. The second-order valence-corrected chi connectivity index (χ2v) is 4.23. The fourth-order valence-electron chi connectivity index (χ4n) is 1.26. The minimum atomic E-state index is -5.55. The second-order valence-electron chi connectivity index (χ2n) is 3.37. The normalized spacial score (nSPS) is 13.8. The molecule has 0 aliphatic carbocycles. The minimum Gasteiger partial charge on any atom is -0.166 e. The Morgan fingerprint density at radius 2 is 0.895 bits per heavy atom. The molecule has 10 heteroatoms. The van der Waals surface area contributed by atoms with Crippen LogP contribution in [-0.2, 0) is 18.5 Å². The molecule has 0 saturated carbocycles. The maximum Gasteiger partial charge on any atom is 0.417 e. The Balaban J connectivity index is 3.66. The number of halogens is 10. The molecule has 0 fully saturated rings. The van der Waals surface area contributed by atoms with E-state index >= 15 is 0 Å². The highest BCUT2D eigenvalue weighted by Crippen LogP contribution is 2.45. The zero-order chi connectivity index (χ0) is 15.2. The molecular weight excluding hydrogens is 359 g/mol. The van der Waals surface area contributed by atoms with Crippen LogP contribution in [0.2, 0.25) is 0 Å². The van der Waals surface area contributed by atoms with Gasteiger partial charge in [-0.25, -0.2) is 0 Å². The Bertz CT molecular complexity index is 480. The molecule has 1 aromatic carbocycles. The molecule has 0 N–H and O–H groups in total. The van der Waals surface area contributed by atoms with Crippen LogP contribution in [0.15, 0.2) is 16.6 Å². The maximum atomic E-state index is 12.4. The highest BCUT2D eigenvalue weighted by atomic mass is 79.9. The van der Waals surface area contributed by atoms with Crippen molar-refractivity contribution in [1.29, 1.82) is 0 Å². The number of hydrogen-bond acceptors (Lipinski definition) is 0. The van der Waals surface area contributed by atoms with Crippen molar-refractivity contribution < 1.29 is 39.5 Å². The summed E-state index contributed by atoms with van der Waals surface area (Å²) in [6.07, 6.45) is -16.2. The topological polar surface area (TPSA) is 0 Å². The third-order valence-corrected chi connectivity index (χ3v) is 2.68. The van der Waals surface area contributed by atoms with Gasteiger partial charge in [0.15, 0.2) is 0 Å². The molecule has 0 amide bonds. The number of alkyl halides is 9. The van der Waals surface area contributed by atoms with E-state index in [-0.39, 0.29) is 6.07 Å². The van der Waals surface area contributed by atoms with E-state index in [0.717, 1.165) is 0 Å². The SMILES string of the molecule is FC(F)(F)c1cc(C(F)(F)F)c(C(F)(F)F)cc1Br. The summed E-state index contributed by atoms with van der Waals surface area (Å²) in [6.45, 7) is 0. The van der Waals surface area contributed by atoms with E-state index in [1.54, 1.807) is 0 Å². The number of benzene rings is 1. The van der Waals surface area contributed by atoms with Crippen molar-refractivity contribution in [3.05, 3.63) is 33.3 Å². The Labute approximate surface area is 108 Å². The first-order valence-corrected chi connectivity index (χ1v) is 5.09. The van der Waals surface area contributed by atoms with Crippen LogP contribution in [0, 0.1) is 0 Å². The van der Waals surface area contributed by atoms with Gasteiger partial charge < -0.3 is 0 Å². The van der Waals surface area contributed by atoms with Gasteiger partial charge in [0.25, 0.3) is 0 Å². The number of rotatable bonds is 0. The van der Waals surface area contributed by atoms with Crippen LogP contribution in [0.5, 0.6) is 0 Å². The molecule has 0 aliphatic heterocycles. The van der Waals surface area contributed by atoms with Crippen molar-refractivity contribution in [3.8, 4) is 0 Å². The number of hydrogen-bond donors (Lipinski definition) is 0. The molecular formula is C9H2BrF9.